The van der Waals surface area contributed by atoms with Gasteiger partial charge in [0.1, 0.15) is 0 Å². The van der Waals surface area contributed by atoms with Crippen molar-refractivity contribution in [2.24, 2.45) is 0 Å². The Morgan fingerprint density at radius 1 is 1.47 bits per heavy atom. The van der Waals surface area contributed by atoms with Crippen molar-refractivity contribution in [2.75, 3.05) is 22.9 Å². The average molecular weight is 291 g/mol. The Morgan fingerprint density at radius 3 is 3.00 bits per heavy atom. The minimum Gasteiger partial charge on any atom is -0.375 e. The number of aromatic nitrogens is 1. The van der Waals surface area contributed by atoms with Crippen molar-refractivity contribution in [2.45, 2.75) is 11.8 Å². The van der Waals surface area contributed by atoms with Crippen LogP contribution in [-0.4, -0.2) is 23.2 Å². The number of thioether (sulfide) groups is 1. The van der Waals surface area contributed by atoms with Crippen LogP contribution in [0.15, 0.2) is 28.5 Å². The van der Waals surface area contributed by atoms with Crippen molar-refractivity contribution in [3.05, 3.63) is 23.6 Å². The van der Waals surface area contributed by atoms with E-state index in [1.807, 2.05) is 29.3 Å². The van der Waals surface area contributed by atoms with Crippen LogP contribution < -0.4 is 10.6 Å². The summed E-state index contributed by atoms with van der Waals surface area (Å²) in [7, 11) is 0. The molecule has 0 fully saturated rings. The molecule has 1 aromatic carbocycles. The van der Waals surface area contributed by atoms with Crippen LogP contribution in [0.3, 0.4) is 0 Å². The number of benzene rings is 1. The van der Waals surface area contributed by atoms with Crippen LogP contribution in [0.2, 0.25) is 0 Å². The molecule has 6 heteroatoms. The van der Waals surface area contributed by atoms with Crippen molar-refractivity contribution in [1.29, 1.82) is 0 Å². The summed E-state index contributed by atoms with van der Waals surface area (Å²) in [5.74, 6) is 0.680. The first-order chi connectivity index (χ1) is 9.19. The maximum atomic E-state index is 11.9. The van der Waals surface area contributed by atoms with Gasteiger partial charge in [-0.2, -0.15) is 0 Å². The number of rotatable bonds is 2. The van der Waals surface area contributed by atoms with E-state index in [2.05, 4.69) is 11.1 Å². The molecule has 0 bridgehead atoms. The lowest BCUT2D eigenvalue weighted by Crippen LogP contribution is -2.35. The third-order valence-corrected chi connectivity index (χ3v) is 4.76. The van der Waals surface area contributed by atoms with E-state index in [0.29, 0.717) is 17.4 Å². The number of nitrogens with two attached hydrogens (primary N) is 1. The van der Waals surface area contributed by atoms with E-state index < -0.39 is 0 Å². The molecule has 1 amide bonds. The molecule has 3 rings (SSSR count). The van der Waals surface area contributed by atoms with E-state index in [1.54, 1.807) is 11.8 Å². The highest BCUT2D eigenvalue weighted by molar-refractivity contribution is 8.00. The Balaban J connectivity index is 2.07. The van der Waals surface area contributed by atoms with E-state index >= 15 is 0 Å². The summed E-state index contributed by atoms with van der Waals surface area (Å²) in [4.78, 5) is 19.2. The highest BCUT2D eigenvalue weighted by Crippen LogP contribution is 2.38. The van der Waals surface area contributed by atoms with Crippen molar-refractivity contribution >= 4 is 39.8 Å². The number of thiazole rings is 1. The summed E-state index contributed by atoms with van der Waals surface area (Å²) in [5, 5.41) is 2.50. The lowest BCUT2D eigenvalue weighted by molar-refractivity contribution is -0.116. The van der Waals surface area contributed by atoms with E-state index in [0.717, 1.165) is 21.8 Å². The number of carbonyl (C=O) groups is 1. The van der Waals surface area contributed by atoms with Crippen LogP contribution in [0.5, 0.6) is 0 Å². The van der Waals surface area contributed by atoms with Gasteiger partial charge in [-0.25, -0.2) is 4.98 Å². The van der Waals surface area contributed by atoms with Gasteiger partial charge in [-0.05, 0) is 19.1 Å². The van der Waals surface area contributed by atoms with Gasteiger partial charge in [0, 0.05) is 22.4 Å². The predicted molar refractivity (Wildman–Crippen MR) is 80.7 cm³/mol. The Hall–Kier alpha value is -1.53. The van der Waals surface area contributed by atoms with Crippen LogP contribution in [-0.2, 0) is 4.79 Å². The maximum Gasteiger partial charge on any atom is 0.237 e. The van der Waals surface area contributed by atoms with Gasteiger partial charge in [-0.3, -0.25) is 4.79 Å². The fraction of sp³-hybridized carbons (Fsp3) is 0.231. The van der Waals surface area contributed by atoms with E-state index in [-0.39, 0.29) is 5.91 Å². The van der Waals surface area contributed by atoms with Gasteiger partial charge in [0.2, 0.25) is 5.91 Å². The zero-order chi connectivity index (χ0) is 13.4. The van der Waals surface area contributed by atoms with Gasteiger partial charge in [0.15, 0.2) is 5.13 Å². The topological polar surface area (TPSA) is 59.2 Å². The summed E-state index contributed by atoms with van der Waals surface area (Å²) in [5.41, 5.74) is 8.51. The smallest absolute Gasteiger partial charge is 0.237 e. The molecule has 2 N–H and O–H groups in total. The molecular formula is C13H13N3OS2. The van der Waals surface area contributed by atoms with Gasteiger partial charge in [-0.1, -0.05) is 6.07 Å². The second-order valence-electron chi connectivity index (χ2n) is 4.18. The van der Waals surface area contributed by atoms with Crippen LogP contribution >= 0.6 is 23.1 Å². The van der Waals surface area contributed by atoms with Gasteiger partial charge >= 0.3 is 0 Å². The lowest BCUT2D eigenvalue weighted by atomic mass is 10.1. The number of hydrogen-bond donors (Lipinski definition) is 1. The van der Waals surface area contributed by atoms with Crippen molar-refractivity contribution in [1.82, 2.24) is 4.98 Å². The average Bonchev–Trinajstić information content (AvgIpc) is 2.85. The molecule has 0 radical (unpaired) electrons. The molecule has 0 atom stereocenters. The molecule has 1 aromatic heterocycles. The first-order valence-electron chi connectivity index (χ1n) is 5.97. The number of nitrogens with zero attached hydrogens (tertiary/aromatic N) is 2. The molecule has 2 aromatic rings. The first-order valence-corrected chi connectivity index (χ1v) is 7.84. The van der Waals surface area contributed by atoms with Crippen LogP contribution in [0.25, 0.3) is 11.3 Å². The summed E-state index contributed by atoms with van der Waals surface area (Å²) in [6.45, 7) is 2.68. The lowest BCUT2D eigenvalue weighted by Gasteiger charge is -2.28. The Labute approximate surface area is 119 Å². The number of amides is 1. The quantitative estimate of drug-likeness (QED) is 0.924. The van der Waals surface area contributed by atoms with Crippen LogP contribution in [0.4, 0.5) is 10.8 Å². The molecule has 2 heterocycles. The van der Waals surface area contributed by atoms with Gasteiger partial charge < -0.3 is 10.6 Å². The molecular weight excluding hydrogens is 278 g/mol. The van der Waals surface area contributed by atoms with Gasteiger partial charge in [-0.15, -0.1) is 23.1 Å². The standard InChI is InChI=1S/C13H13N3OS2/c1-2-16-10-5-8(9-6-19-13(14)15-9)3-4-11(10)18-7-12(16)17/h3-6H,2,7H2,1H3,(H2,14,15). The van der Waals surface area contributed by atoms with Crippen LogP contribution in [0.1, 0.15) is 6.92 Å². The molecule has 1 aliphatic rings. The minimum absolute atomic E-state index is 0.162. The predicted octanol–water partition coefficient (Wildman–Crippen LogP) is 2.85. The Morgan fingerprint density at radius 2 is 2.32 bits per heavy atom. The molecule has 1 aliphatic heterocycles. The highest BCUT2D eigenvalue weighted by atomic mass is 32.2. The fourth-order valence-electron chi connectivity index (χ4n) is 2.13. The number of fused-ring (bicyclic) bond motifs is 1. The number of carbonyl (C=O) groups excluding carboxylic acids is 1. The monoisotopic (exact) mass is 291 g/mol. The molecule has 0 saturated carbocycles. The highest BCUT2D eigenvalue weighted by Gasteiger charge is 2.23. The zero-order valence-corrected chi connectivity index (χ0v) is 12.1. The maximum absolute atomic E-state index is 11.9. The van der Waals surface area contributed by atoms with Gasteiger partial charge in [0.05, 0.1) is 17.1 Å². The third-order valence-electron chi connectivity index (χ3n) is 3.04. The van der Waals surface area contributed by atoms with Crippen LogP contribution in [0, 0.1) is 0 Å². The molecule has 0 saturated heterocycles. The second kappa shape index (κ2) is 4.86. The fourth-order valence-corrected chi connectivity index (χ4v) is 3.62. The molecule has 98 valence electrons. The number of nitrogen functional groups attached to an aromatic ring is 1. The van der Waals surface area contributed by atoms with E-state index in [4.69, 9.17) is 5.73 Å². The third kappa shape index (κ3) is 2.21. The molecule has 0 aliphatic carbocycles. The van der Waals surface area contributed by atoms with Crippen molar-refractivity contribution < 1.29 is 4.79 Å². The van der Waals surface area contributed by atoms with E-state index in [9.17, 15) is 4.79 Å². The summed E-state index contributed by atoms with van der Waals surface area (Å²) >= 11 is 3.02. The first kappa shape index (κ1) is 12.5. The zero-order valence-electron chi connectivity index (χ0n) is 10.4. The Bertz CT molecular complexity index is 639. The number of hydrogen-bond acceptors (Lipinski definition) is 5. The molecule has 0 unspecified atom stereocenters. The molecule has 0 spiro atoms. The SMILES string of the molecule is CCN1C(=O)CSc2ccc(-c3csc(N)n3)cc21. The molecule has 4 nitrogen and oxygen atoms in total. The second-order valence-corrected chi connectivity index (χ2v) is 6.09. The minimum atomic E-state index is 0.162. The van der Waals surface area contributed by atoms with E-state index in [1.165, 1.54) is 11.3 Å². The summed E-state index contributed by atoms with van der Waals surface area (Å²) in [6, 6.07) is 6.11. The summed E-state index contributed by atoms with van der Waals surface area (Å²) < 4.78 is 0. The van der Waals surface area contributed by atoms with Crippen molar-refractivity contribution in [3.63, 3.8) is 0 Å². The van der Waals surface area contributed by atoms with Gasteiger partial charge in [0.25, 0.3) is 0 Å². The Kier molecular flexibility index (Phi) is 3.20. The normalized spacial score (nSPS) is 14.6. The summed E-state index contributed by atoms with van der Waals surface area (Å²) in [6.07, 6.45) is 0. The molecule has 19 heavy (non-hydrogen) atoms. The van der Waals surface area contributed by atoms with Crippen molar-refractivity contribution in [3.8, 4) is 11.3 Å². The largest absolute Gasteiger partial charge is 0.375 e. The number of anilines is 2.